The molecule has 2 aliphatic rings. The number of rotatable bonds is 4. The smallest absolute Gasteiger partial charge is 0.0549 e. The second-order valence-corrected chi connectivity index (χ2v) is 18.4. The Morgan fingerprint density at radius 2 is 0.862 bits per heavy atom. The zero-order valence-corrected chi connectivity index (χ0v) is 33.9. The molecular formula is C56H41NS. The van der Waals surface area contributed by atoms with E-state index in [-0.39, 0.29) is 10.8 Å². The Bertz CT molecular complexity index is 3200. The molecule has 0 aliphatic heterocycles. The van der Waals surface area contributed by atoms with E-state index in [1.807, 2.05) is 11.3 Å². The molecule has 0 N–H and O–H groups in total. The largest absolute Gasteiger partial charge is 0.309 e. The lowest BCUT2D eigenvalue weighted by Crippen LogP contribution is -2.18. The average molecular weight is 760 g/mol. The van der Waals surface area contributed by atoms with Gasteiger partial charge in [0.2, 0.25) is 0 Å². The lowest BCUT2D eigenvalue weighted by atomic mass is 9.79. The van der Waals surface area contributed by atoms with Gasteiger partial charge in [0.05, 0.1) is 11.4 Å². The molecule has 1 aromatic heterocycles. The van der Waals surface area contributed by atoms with E-state index in [4.69, 9.17) is 0 Å². The van der Waals surface area contributed by atoms with Gasteiger partial charge in [-0.1, -0.05) is 161 Å². The van der Waals surface area contributed by atoms with Gasteiger partial charge < -0.3 is 4.90 Å². The number of benzene rings is 9. The molecule has 0 amide bonds. The van der Waals surface area contributed by atoms with Crippen LogP contribution in [-0.2, 0) is 10.8 Å². The monoisotopic (exact) mass is 759 g/mol. The number of hydrogen-bond donors (Lipinski definition) is 0. The predicted octanol–water partition coefficient (Wildman–Crippen LogP) is 16.1. The van der Waals surface area contributed by atoms with Crippen molar-refractivity contribution in [2.24, 2.45) is 0 Å². The van der Waals surface area contributed by atoms with E-state index in [1.165, 1.54) is 109 Å². The molecule has 2 heteroatoms. The molecular weight excluding hydrogens is 719 g/mol. The minimum Gasteiger partial charge on any atom is -0.309 e. The zero-order chi connectivity index (χ0) is 38.9. The lowest BCUT2D eigenvalue weighted by molar-refractivity contribution is 0.666. The van der Waals surface area contributed by atoms with Crippen LogP contribution >= 0.6 is 11.3 Å². The summed E-state index contributed by atoms with van der Waals surface area (Å²) in [5, 5.41) is 7.81. The van der Waals surface area contributed by atoms with Gasteiger partial charge in [-0.2, -0.15) is 0 Å². The van der Waals surface area contributed by atoms with Crippen molar-refractivity contribution in [1.82, 2.24) is 0 Å². The molecule has 0 radical (unpaired) electrons. The Labute approximate surface area is 343 Å². The van der Waals surface area contributed by atoms with Gasteiger partial charge in [0.1, 0.15) is 0 Å². The molecule has 0 unspecified atom stereocenters. The van der Waals surface area contributed by atoms with E-state index in [0.29, 0.717) is 0 Å². The van der Waals surface area contributed by atoms with E-state index < -0.39 is 0 Å². The number of anilines is 3. The van der Waals surface area contributed by atoms with Gasteiger partial charge in [-0.25, -0.2) is 0 Å². The first-order valence-corrected chi connectivity index (χ1v) is 21.2. The average Bonchev–Trinajstić information content (AvgIpc) is 3.84. The molecule has 276 valence electrons. The van der Waals surface area contributed by atoms with Crippen LogP contribution < -0.4 is 4.90 Å². The second-order valence-electron chi connectivity index (χ2n) is 17.3. The highest BCUT2D eigenvalue weighted by Crippen LogP contribution is 2.60. The Morgan fingerprint density at radius 3 is 1.45 bits per heavy atom. The maximum atomic E-state index is 2.60. The number of thiophene rings is 1. The number of nitrogens with zero attached hydrogens (tertiary/aromatic N) is 1. The minimum atomic E-state index is -0.179. The molecule has 0 saturated heterocycles. The summed E-state index contributed by atoms with van der Waals surface area (Å²) in [6.07, 6.45) is 0. The highest BCUT2D eigenvalue weighted by atomic mass is 32.1. The topological polar surface area (TPSA) is 3.24 Å². The minimum absolute atomic E-state index is 0.179. The maximum Gasteiger partial charge on any atom is 0.0549 e. The molecule has 1 nitrogen and oxygen atoms in total. The van der Waals surface area contributed by atoms with Crippen LogP contribution in [0.2, 0.25) is 0 Å². The summed E-state index contributed by atoms with van der Waals surface area (Å²) in [7, 11) is 0. The molecule has 0 atom stereocenters. The maximum absolute atomic E-state index is 2.60. The summed E-state index contributed by atoms with van der Waals surface area (Å²) in [6, 6.07) is 66.2. The van der Waals surface area contributed by atoms with E-state index in [9.17, 15) is 0 Å². The van der Waals surface area contributed by atoms with Gasteiger partial charge in [0.15, 0.2) is 0 Å². The van der Waals surface area contributed by atoms with E-state index in [1.54, 1.807) is 0 Å². The van der Waals surface area contributed by atoms with E-state index >= 15 is 0 Å². The van der Waals surface area contributed by atoms with Crippen LogP contribution in [0.15, 0.2) is 176 Å². The molecule has 0 spiro atoms. The highest BCUT2D eigenvalue weighted by Gasteiger charge is 2.42. The molecule has 10 aromatic rings. The van der Waals surface area contributed by atoms with Crippen LogP contribution in [0.4, 0.5) is 17.1 Å². The van der Waals surface area contributed by atoms with E-state index in [2.05, 4.69) is 209 Å². The summed E-state index contributed by atoms with van der Waals surface area (Å²) >= 11 is 1.87. The standard InChI is InChI=1S/C56H41NS/c1-55(2)45-22-12-9-20-42(45)51-47(32-36-15-5-7-17-39(36)53(51)55)57(38-28-25-34(26-29-38)35-27-30-50-44(31-35)41-19-11-14-24-49(41)58-50)48-33-37-16-6-8-18-40(37)54-52(48)43-21-10-13-23-46(43)56(54,3)4/h5-33H,1-4H3. The van der Waals surface area contributed by atoms with Crippen molar-refractivity contribution in [3.05, 3.63) is 198 Å². The Balaban J connectivity index is 1.17. The third kappa shape index (κ3) is 4.58. The first-order chi connectivity index (χ1) is 28.3. The highest BCUT2D eigenvalue weighted by molar-refractivity contribution is 7.25. The quantitative estimate of drug-likeness (QED) is 0.173. The van der Waals surface area contributed by atoms with Crippen molar-refractivity contribution in [3.63, 3.8) is 0 Å². The Kier molecular flexibility index (Phi) is 6.97. The van der Waals surface area contributed by atoms with Crippen molar-refractivity contribution in [3.8, 4) is 33.4 Å². The van der Waals surface area contributed by atoms with Gasteiger partial charge in [-0.3, -0.25) is 0 Å². The van der Waals surface area contributed by atoms with Gasteiger partial charge in [0.25, 0.3) is 0 Å². The summed E-state index contributed by atoms with van der Waals surface area (Å²) in [6.45, 7) is 9.64. The zero-order valence-electron chi connectivity index (χ0n) is 33.1. The van der Waals surface area contributed by atoms with Crippen molar-refractivity contribution < 1.29 is 0 Å². The fourth-order valence-electron chi connectivity index (χ4n) is 10.7. The first-order valence-electron chi connectivity index (χ1n) is 20.4. The SMILES string of the molecule is CC1(C)c2ccccc2-c2c(N(c3ccc(-c4ccc5sc6ccccc6c5c4)cc3)c3cc4ccccc4c4c3-c3ccccc3C4(C)C)cc3ccccc3c21. The fraction of sp³-hybridized carbons (Fsp3) is 0.107. The first kappa shape index (κ1) is 33.6. The molecule has 1 heterocycles. The van der Waals surface area contributed by atoms with Crippen LogP contribution in [0, 0.1) is 0 Å². The molecule has 0 fully saturated rings. The number of fused-ring (bicyclic) bond motifs is 13. The van der Waals surface area contributed by atoms with Crippen LogP contribution in [0.25, 0.3) is 75.1 Å². The van der Waals surface area contributed by atoms with Crippen molar-refractivity contribution in [2.45, 2.75) is 38.5 Å². The van der Waals surface area contributed by atoms with Crippen LogP contribution in [0.1, 0.15) is 49.9 Å². The molecule has 58 heavy (non-hydrogen) atoms. The molecule has 12 rings (SSSR count). The van der Waals surface area contributed by atoms with Gasteiger partial charge in [-0.05, 0) is 109 Å². The Morgan fingerprint density at radius 1 is 0.397 bits per heavy atom. The Hall–Kier alpha value is -6.48. The molecule has 0 saturated carbocycles. The van der Waals surface area contributed by atoms with Gasteiger partial charge >= 0.3 is 0 Å². The van der Waals surface area contributed by atoms with E-state index in [0.717, 1.165) is 5.69 Å². The van der Waals surface area contributed by atoms with Gasteiger partial charge in [-0.15, -0.1) is 11.3 Å². The third-order valence-electron chi connectivity index (χ3n) is 13.4. The van der Waals surface area contributed by atoms with Crippen molar-refractivity contribution in [2.75, 3.05) is 4.90 Å². The van der Waals surface area contributed by atoms with Crippen molar-refractivity contribution >= 4 is 70.1 Å². The summed E-state index contributed by atoms with van der Waals surface area (Å²) in [5.74, 6) is 0. The van der Waals surface area contributed by atoms with Gasteiger partial charge in [0, 0.05) is 47.8 Å². The van der Waals surface area contributed by atoms with Crippen LogP contribution in [0.5, 0.6) is 0 Å². The fourth-order valence-corrected chi connectivity index (χ4v) is 11.8. The summed E-state index contributed by atoms with van der Waals surface area (Å²) < 4.78 is 2.66. The summed E-state index contributed by atoms with van der Waals surface area (Å²) in [5.41, 5.74) is 16.5. The number of hydrogen-bond acceptors (Lipinski definition) is 2. The molecule has 0 bridgehead atoms. The molecule has 9 aromatic carbocycles. The lowest BCUT2D eigenvalue weighted by Gasteiger charge is -2.33. The van der Waals surface area contributed by atoms with Crippen LogP contribution in [0.3, 0.4) is 0 Å². The van der Waals surface area contributed by atoms with Crippen LogP contribution in [-0.4, -0.2) is 0 Å². The third-order valence-corrected chi connectivity index (χ3v) is 14.5. The molecule has 2 aliphatic carbocycles. The predicted molar refractivity (Wildman–Crippen MR) is 250 cm³/mol. The van der Waals surface area contributed by atoms with Crippen molar-refractivity contribution in [1.29, 1.82) is 0 Å². The second kappa shape index (κ2) is 12.0. The summed E-state index contributed by atoms with van der Waals surface area (Å²) in [4.78, 5) is 2.60. The normalized spacial score (nSPS) is 14.5.